The van der Waals surface area contributed by atoms with E-state index in [1.807, 2.05) is 0 Å². The van der Waals surface area contributed by atoms with Crippen LogP contribution in [0.5, 0.6) is 5.75 Å². The maximum atomic E-state index is 6.27. The average Bonchev–Trinajstić information content (AvgIpc) is 3.35. The van der Waals surface area contributed by atoms with Gasteiger partial charge in [-0.25, -0.2) is 0 Å². The van der Waals surface area contributed by atoms with Gasteiger partial charge in [0.2, 0.25) is 0 Å². The van der Waals surface area contributed by atoms with Crippen molar-refractivity contribution < 1.29 is 4.74 Å². The van der Waals surface area contributed by atoms with Gasteiger partial charge in [0.05, 0.1) is 6.26 Å². The summed E-state index contributed by atoms with van der Waals surface area (Å²) < 4.78 is 6.27. The van der Waals surface area contributed by atoms with Crippen molar-refractivity contribution in [3.05, 3.63) is 272 Å². The van der Waals surface area contributed by atoms with Gasteiger partial charge < -0.3 is 14.5 Å². The highest BCUT2D eigenvalue weighted by Gasteiger charge is 2.20. The monoisotopic (exact) mass is 810 g/mol. The number of rotatable bonds is 10. The number of fused-ring (bicyclic) bond motifs is 1. The third-order valence-corrected chi connectivity index (χ3v) is 11.8. The van der Waals surface area contributed by atoms with E-state index in [0.717, 1.165) is 74.9 Å². The van der Waals surface area contributed by atoms with Crippen molar-refractivity contribution >= 4 is 34.0 Å². The molecule has 0 amide bonds. The summed E-state index contributed by atoms with van der Waals surface area (Å²) in [5.74, 6) is 0.790. The first-order chi connectivity index (χ1) is 31.1. The Kier molecular flexibility index (Phi) is 11.0. The van der Waals surface area contributed by atoms with E-state index in [9.17, 15) is 0 Å². The van der Waals surface area contributed by atoms with Crippen LogP contribution >= 0.6 is 0 Å². The van der Waals surface area contributed by atoms with Crippen LogP contribution in [0.4, 0.5) is 28.4 Å². The Morgan fingerprint density at radius 1 is 0.397 bits per heavy atom. The van der Waals surface area contributed by atoms with E-state index in [0.29, 0.717) is 0 Å². The van der Waals surface area contributed by atoms with Crippen LogP contribution in [0.25, 0.3) is 39.0 Å². The molecule has 0 aromatic heterocycles. The van der Waals surface area contributed by atoms with Crippen molar-refractivity contribution in [3.63, 3.8) is 0 Å². The molecule has 63 heavy (non-hydrogen) atoms. The molecular weight excluding hydrogens is 765 g/mol. The number of benzene rings is 8. The maximum Gasteiger partial charge on any atom is 0.134 e. The highest BCUT2D eigenvalue weighted by molar-refractivity contribution is 5.84. The van der Waals surface area contributed by atoms with E-state index in [2.05, 4.69) is 253 Å². The topological polar surface area (TPSA) is 15.7 Å². The summed E-state index contributed by atoms with van der Waals surface area (Å²) in [5.41, 5.74) is 18.1. The van der Waals surface area contributed by atoms with Crippen LogP contribution in [0.15, 0.2) is 266 Å². The molecule has 10 rings (SSSR count). The minimum absolute atomic E-state index is 0.790. The van der Waals surface area contributed by atoms with Crippen molar-refractivity contribution in [2.75, 3.05) is 9.80 Å². The zero-order valence-electron chi connectivity index (χ0n) is 35.0. The fraction of sp³-hybridized carbons (Fsp3) is 0.0333. The molecule has 1 heterocycles. The van der Waals surface area contributed by atoms with Crippen LogP contribution < -0.4 is 14.5 Å². The van der Waals surface area contributed by atoms with Gasteiger partial charge >= 0.3 is 0 Å². The summed E-state index contributed by atoms with van der Waals surface area (Å²) in [6.45, 7) is 4.57. The van der Waals surface area contributed by atoms with E-state index in [-0.39, 0.29) is 0 Å². The second-order valence-electron chi connectivity index (χ2n) is 15.8. The highest BCUT2D eigenvalue weighted by Crippen LogP contribution is 2.41. The van der Waals surface area contributed by atoms with Crippen LogP contribution in [-0.2, 0) is 0 Å². The lowest BCUT2D eigenvalue weighted by Gasteiger charge is -2.30. The zero-order valence-corrected chi connectivity index (χ0v) is 35.0. The molecule has 2 aliphatic rings. The van der Waals surface area contributed by atoms with Crippen LogP contribution in [0.2, 0.25) is 0 Å². The molecule has 0 atom stereocenters. The molecule has 0 N–H and O–H groups in total. The summed E-state index contributed by atoms with van der Waals surface area (Å²) in [5, 5.41) is 0. The molecule has 0 spiro atoms. The summed E-state index contributed by atoms with van der Waals surface area (Å²) in [6.07, 6.45) is 12.4. The first-order valence-corrected chi connectivity index (χ1v) is 21.5. The molecule has 8 aromatic carbocycles. The first-order valence-electron chi connectivity index (χ1n) is 21.5. The average molecular weight is 811 g/mol. The number of hydrogen-bond donors (Lipinski definition) is 0. The van der Waals surface area contributed by atoms with E-state index in [1.165, 1.54) is 33.5 Å². The van der Waals surface area contributed by atoms with Gasteiger partial charge in [0.25, 0.3) is 0 Å². The Morgan fingerprint density at radius 3 is 1.33 bits per heavy atom. The van der Waals surface area contributed by atoms with Gasteiger partial charge in [-0.15, -0.1) is 0 Å². The number of anilines is 5. The zero-order chi connectivity index (χ0) is 42.4. The molecule has 302 valence electrons. The third-order valence-electron chi connectivity index (χ3n) is 11.8. The third kappa shape index (κ3) is 8.46. The molecule has 1 aliphatic heterocycles. The smallest absolute Gasteiger partial charge is 0.134 e. The molecule has 3 nitrogen and oxygen atoms in total. The fourth-order valence-corrected chi connectivity index (χ4v) is 8.56. The predicted molar refractivity (Wildman–Crippen MR) is 265 cm³/mol. The van der Waals surface area contributed by atoms with Crippen LogP contribution in [0, 0.1) is 0 Å². The van der Waals surface area contributed by atoms with Gasteiger partial charge in [-0.05, 0) is 154 Å². The number of allylic oxidation sites excluding steroid dienone is 8. The molecule has 0 radical (unpaired) electrons. The summed E-state index contributed by atoms with van der Waals surface area (Å²) >= 11 is 0. The number of hydrogen-bond acceptors (Lipinski definition) is 3. The Morgan fingerprint density at radius 2 is 0.825 bits per heavy atom. The van der Waals surface area contributed by atoms with Crippen LogP contribution in [0.3, 0.4) is 0 Å². The van der Waals surface area contributed by atoms with Crippen LogP contribution in [-0.4, -0.2) is 0 Å². The van der Waals surface area contributed by atoms with E-state index >= 15 is 0 Å². The molecule has 0 saturated heterocycles. The van der Waals surface area contributed by atoms with Crippen molar-refractivity contribution in [2.45, 2.75) is 12.8 Å². The van der Waals surface area contributed by atoms with Crippen molar-refractivity contribution in [1.29, 1.82) is 0 Å². The Hall–Kier alpha value is -8.14. The van der Waals surface area contributed by atoms with Gasteiger partial charge in [0, 0.05) is 39.7 Å². The molecule has 1 aliphatic carbocycles. The molecule has 0 unspecified atom stereocenters. The summed E-state index contributed by atoms with van der Waals surface area (Å²) in [6, 6.07) is 75.1. The van der Waals surface area contributed by atoms with Gasteiger partial charge in [0.1, 0.15) is 5.75 Å². The number of ether oxygens (including phenoxy) is 1. The number of para-hydroxylation sites is 2. The Bertz CT molecular complexity index is 2980. The second-order valence-corrected chi connectivity index (χ2v) is 15.8. The van der Waals surface area contributed by atoms with Gasteiger partial charge in [-0.2, -0.15) is 0 Å². The van der Waals surface area contributed by atoms with Crippen molar-refractivity contribution in [2.24, 2.45) is 0 Å². The molecule has 0 bridgehead atoms. The van der Waals surface area contributed by atoms with Gasteiger partial charge in [-0.3, -0.25) is 0 Å². The molecule has 8 aromatic rings. The quantitative estimate of drug-likeness (QED) is 0.137. The first kappa shape index (κ1) is 39.0. The van der Waals surface area contributed by atoms with Crippen molar-refractivity contribution in [1.82, 2.24) is 0 Å². The summed E-state index contributed by atoms with van der Waals surface area (Å²) in [4.78, 5) is 4.67. The Labute approximate surface area is 370 Å². The van der Waals surface area contributed by atoms with Gasteiger partial charge in [0.15, 0.2) is 0 Å². The summed E-state index contributed by atoms with van der Waals surface area (Å²) in [7, 11) is 0. The molecule has 3 heteroatoms. The number of nitrogens with zero attached hydrogens (tertiary/aromatic N) is 2. The van der Waals surface area contributed by atoms with Crippen molar-refractivity contribution in [3.8, 4) is 39.1 Å². The largest absolute Gasteiger partial charge is 0.464 e. The van der Waals surface area contributed by atoms with E-state index < -0.39 is 0 Å². The SMILES string of the molecule is C=C1/C=C(C2=CC=C(N(c3ccccc3)c3ccc(-c4ccccc4)cc3)CC2)\C=C/Oc2ccc(-c3ccc(N(c4ccccc4)c4ccc(-c5ccccc5)cc4)cc3)cc21. The van der Waals surface area contributed by atoms with Crippen LogP contribution in [0.1, 0.15) is 18.4 Å². The fourth-order valence-electron chi connectivity index (χ4n) is 8.56. The van der Waals surface area contributed by atoms with E-state index in [1.54, 1.807) is 6.26 Å². The second kappa shape index (κ2) is 17.8. The maximum absolute atomic E-state index is 6.27. The lowest BCUT2D eigenvalue weighted by molar-refractivity contribution is 0.479. The lowest BCUT2D eigenvalue weighted by atomic mass is 9.91. The minimum Gasteiger partial charge on any atom is -0.464 e. The predicted octanol–water partition coefficient (Wildman–Crippen LogP) is 16.4. The highest BCUT2D eigenvalue weighted by atomic mass is 16.5. The lowest BCUT2D eigenvalue weighted by Crippen LogP contribution is -2.18. The standard InChI is InChI=1S/C60H46N2O/c1-44-42-52(50-28-37-58(38-29-50)62(54-20-12-5-13-21-54)56-33-24-48(25-34-56)46-16-8-3-9-17-46)40-41-63-60-39-30-51(43-59(44)60)49-26-35-57(36-27-49)61(53-18-10-4-11-19-53)55-31-22-47(23-32-55)45-14-6-2-7-15-45/h2-28,30-37,39-43H,1,29,38H2/b41-40-,52-42+. The van der Waals surface area contributed by atoms with Gasteiger partial charge in [-0.1, -0.05) is 152 Å². The minimum atomic E-state index is 0.790. The Balaban J connectivity index is 0.902. The normalized spacial score (nSPS) is 14.7. The molecule has 0 saturated carbocycles. The molecule has 0 fully saturated rings. The molecular formula is C60H46N2O. The van der Waals surface area contributed by atoms with E-state index in [4.69, 9.17) is 4.74 Å².